The summed E-state index contributed by atoms with van der Waals surface area (Å²) in [4.78, 5) is 4.56. The number of aromatic nitrogens is 1. The molecule has 0 amide bonds. The summed E-state index contributed by atoms with van der Waals surface area (Å²) >= 11 is 1.58. The maximum absolute atomic E-state index is 13.4. The van der Waals surface area contributed by atoms with Crippen molar-refractivity contribution in [1.82, 2.24) is 4.98 Å². The summed E-state index contributed by atoms with van der Waals surface area (Å²) in [6.07, 6.45) is 0.813. The van der Waals surface area contributed by atoms with Crippen LogP contribution in [0, 0.1) is 6.92 Å². The molecule has 0 saturated heterocycles. The van der Waals surface area contributed by atoms with Crippen LogP contribution in [0.4, 0.5) is 14.5 Å². The molecule has 6 heteroatoms. The molecule has 0 unspecified atom stereocenters. The van der Waals surface area contributed by atoms with E-state index in [-0.39, 0.29) is 18.9 Å². The monoisotopic (exact) mass is 378 g/mol. The van der Waals surface area contributed by atoms with E-state index < -0.39 is 5.92 Å². The van der Waals surface area contributed by atoms with Gasteiger partial charge in [0.2, 0.25) is 5.92 Å². The number of hydrogen-bond donors (Lipinski definition) is 1. The Labute approximate surface area is 157 Å². The van der Waals surface area contributed by atoms with Gasteiger partial charge in [-0.15, -0.1) is 11.3 Å². The Balaban J connectivity index is 1.86. The van der Waals surface area contributed by atoms with E-state index in [0.717, 1.165) is 27.5 Å². The van der Waals surface area contributed by atoms with Crippen molar-refractivity contribution in [2.24, 2.45) is 0 Å². The second-order valence-electron chi connectivity index (χ2n) is 6.72. The molecule has 1 heterocycles. The van der Waals surface area contributed by atoms with E-state index in [9.17, 15) is 8.78 Å². The van der Waals surface area contributed by atoms with Crippen LogP contribution in [0.2, 0.25) is 0 Å². The molecule has 0 bridgehead atoms. The number of aryl methyl sites for hydroxylation is 1. The second kappa shape index (κ2) is 7.74. The molecule has 140 valence electrons. The van der Waals surface area contributed by atoms with Crippen LogP contribution >= 0.6 is 11.3 Å². The Bertz CT molecular complexity index is 778. The summed E-state index contributed by atoms with van der Waals surface area (Å²) in [5.41, 5.74) is 3.72. The lowest BCUT2D eigenvalue weighted by Gasteiger charge is -2.29. The summed E-state index contributed by atoms with van der Waals surface area (Å²) < 4.78 is 32.4. The molecule has 1 aliphatic rings. The lowest BCUT2D eigenvalue weighted by molar-refractivity contribution is -0.0360. The topological polar surface area (TPSA) is 34.1 Å². The summed E-state index contributed by atoms with van der Waals surface area (Å²) in [6, 6.07) is 6.05. The van der Waals surface area contributed by atoms with Crippen LogP contribution in [0.3, 0.4) is 0 Å². The summed E-state index contributed by atoms with van der Waals surface area (Å²) in [7, 11) is 0. The Morgan fingerprint density at radius 1 is 1.35 bits per heavy atom. The van der Waals surface area contributed by atoms with Gasteiger partial charge in [0.15, 0.2) is 0 Å². The first-order valence-corrected chi connectivity index (χ1v) is 9.78. The summed E-state index contributed by atoms with van der Waals surface area (Å²) in [5, 5.41) is 6.35. The zero-order valence-corrected chi connectivity index (χ0v) is 16.0. The van der Waals surface area contributed by atoms with Gasteiger partial charge >= 0.3 is 0 Å². The molecule has 0 spiro atoms. The minimum absolute atomic E-state index is 0.0520. The van der Waals surface area contributed by atoms with Gasteiger partial charge < -0.3 is 10.1 Å². The lowest BCUT2D eigenvalue weighted by atomic mass is 9.92. The molecule has 0 aliphatic heterocycles. The Morgan fingerprint density at radius 2 is 2.08 bits per heavy atom. The number of rotatable bonds is 6. The smallest absolute Gasteiger partial charge is 0.248 e. The van der Waals surface area contributed by atoms with Gasteiger partial charge in [0, 0.05) is 46.8 Å². The lowest BCUT2D eigenvalue weighted by Crippen LogP contribution is -2.32. The van der Waals surface area contributed by atoms with Crippen molar-refractivity contribution in [3.05, 3.63) is 41.4 Å². The number of alkyl halides is 2. The highest BCUT2D eigenvalue weighted by Crippen LogP contribution is 2.35. The molecule has 1 N–H and O–H groups in total. The van der Waals surface area contributed by atoms with Crippen LogP contribution in [0.25, 0.3) is 16.3 Å². The van der Waals surface area contributed by atoms with Crippen LogP contribution in [0.5, 0.6) is 0 Å². The first kappa shape index (κ1) is 18.8. The number of thiazole rings is 1. The molecule has 26 heavy (non-hydrogen) atoms. The summed E-state index contributed by atoms with van der Waals surface area (Å²) in [6.45, 7) is 8.42. The highest BCUT2D eigenvalue weighted by molar-refractivity contribution is 7.13. The maximum Gasteiger partial charge on any atom is 0.248 e. The fourth-order valence-corrected chi connectivity index (χ4v) is 3.95. The molecule has 3 nitrogen and oxygen atoms in total. The van der Waals surface area contributed by atoms with E-state index in [1.807, 2.05) is 37.4 Å². The second-order valence-corrected chi connectivity index (χ2v) is 7.58. The van der Waals surface area contributed by atoms with E-state index in [1.165, 1.54) is 0 Å². The van der Waals surface area contributed by atoms with Gasteiger partial charge in [-0.05, 0) is 44.9 Å². The molecule has 1 aromatic heterocycles. The van der Waals surface area contributed by atoms with E-state index in [0.29, 0.717) is 25.2 Å². The van der Waals surface area contributed by atoms with Crippen molar-refractivity contribution in [2.75, 3.05) is 11.9 Å². The van der Waals surface area contributed by atoms with E-state index in [4.69, 9.17) is 4.74 Å². The number of benzene rings is 1. The highest BCUT2D eigenvalue weighted by atomic mass is 32.1. The van der Waals surface area contributed by atoms with Gasteiger partial charge in [-0.3, -0.25) is 0 Å². The van der Waals surface area contributed by atoms with Crippen molar-refractivity contribution in [2.45, 2.75) is 51.5 Å². The third-order valence-corrected chi connectivity index (χ3v) is 5.54. The normalized spacial score (nSPS) is 17.1. The van der Waals surface area contributed by atoms with Gasteiger partial charge in [-0.25, -0.2) is 13.8 Å². The molecule has 0 radical (unpaired) electrons. The van der Waals surface area contributed by atoms with Crippen LogP contribution in [0.1, 0.15) is 43.9 Å². The molecule has 1 aliphatic carbocycles. The van der Waals surface area contributed by atoms with Gasteiger partial charge in [-0.2, -0.15) is 0 Å². The van der Waals surface area contributed by atoms with Crippen LogP contribution in [-0.4, -0.2) is 23.6 Å². The van der Waals surface area contributed by atoms with Gasteiger partial charge in [0.1, 0.15) is 10.8 Å². The van der Waals surface area contributed by atoms with E-state index in [1.54, 1.807) is 11.3 Å². The predicted molar refractivity (Wildman–Crippen MR) is 104 cm³/mol. The van der Waals surface area contributed by atoms with Gasteiger partial charge in [-0.1, -0.05) is 6.58 Å². The van der Waals surface area contributed by atoms with Gasteiger partial charge in [0.25, 0.3) is 0 Å². The maximum atomic E-state index is 13.4. The average molecular weight is 378 g/mol. The van der Waals surface area contributed by atoms with Gasteiger partial charge in [0.05, 0.1) is 6.61 Å². The minimum atomic E-state index is -2.52. The number of hydrogen-bond acceptors (Lipinski definition) is 4. The zero-order chi connectivity index (χ0) is 18.7. The summed E-state index contributed by atoms with van der Waals surface area (Å²) in [5.74, 6) is -1.92. The van der Waals surface area contributed by atoms with Crippen LogP contribution in [-0.2, 0) is 4.74 Å². The largest absolute Gasteiger partial charge is 0.494 e. The van der Waals surface area contributed by atoms with Crippen LogP contribution < -0.4 is 5.32 Å². The number of nitrogens with one attached hydrogen (secondary N) is 1. The molecular formula is C20H24F2N2OS. The average Bonchev–Trinajstić information content (AvgIpc) is 3.03. The first-order chi connectivity index (χ1) is 12.4. The minimum Gasteiger partial charge on any atom is -0.494 e. The number of nitrogens with zero attached hydrogens (tertiary/aromatic N) is 1. The third-order valence-electron chi connectivity index (χ3n) is 4.53. The fourth-order valence-electron chi connectivity index (χ4n) is 3.16. The molecule has 2 aromatic rings. The molecular weight excluding hydrogens is 354 g/mol. The van der Waals surface area contributed by atoms with Crippen molar-refractivity contribution in [3.8, 4) is 10.6 Å². The number of halogens is 2. The highest BCUT2D eigenvalue weighted by Gasteiger charge is 2.34. The zero-order valence-electron chi connectivity index (χ0n) is 15.1. The van der Waals surface area contributed by atoms with Crippen molar-refractivity contribution < 1.29 is 13.5 Å². The molecule has 1 aromatic carbocycles. The van der Waals surface area contributed by atoms with Crippen molar-refractivity contribution >= 4 is 22.8 Å². The third kappa shape index (κ3) is 4.61. The molecule has 0 atom stereocenters. The van der Waals surface area contributed by atoms with Crippen molar-refractivity contribution in [3.63, 3.8) is 0 Å². The Hall–Kier alpha value is -1.95. The SMILES string of the molecule is C=C(OCC)c1cc(NC2CCC(F)(F)CC2)cc(-c2nc(C)cs2)c1. The molecule has 1 saturated carbocycles. The Kier molecular flexibility index (Phi) is 5.61. The number of ether oxygens (including phenoxy) is 1. The number of anilines is 1. The fraction of sp³-hybridized carbons (Fsp3) is 0.450. The quantitative estimate of drug-likeness (QED) is 0.615. The molecule has 3 rings (SSSR count). The van der Waals surface area contributed by atoms with E-state index in [2.05, 4.69) is 16.9 Å². The Morgan fingerprint density at radius 3 is 2.69 bits per heavy atom. The predicted octanol–water partition coefficient (Wildman–Crippen LogP) is 6.12. The van der Waals surface area contributed by atoms with Crippen LogP contribution in [0.15, 0.2) is 30.2 Å². The van der Waals surface area contributed by atoms with Crippen molar-refractivity contribution in [1.29, 1.82) is 0 Å². The molecule has 1 fully saturated rings. The standard InChI is InChI=1S/C20H24F2N2OS/c1-4-25-14(3)15-9-16(19-23-13(2)12-26-19)11-18(10-15)24-17-5-7-20(21,22)8-6-17/h9-12,17,24H,3-8H2,1-2H3. The first-order valence-electron chi connectivity index (χ1n) is 8.90. The van der Waals surface area contributed by atoms with E-state index >= 15 is 0 Å².